The Morgan fingerprint density at radius 1 is 0.935 bits per heavy atom. The first-order chi connectivity index (χ1) is 15.1. The normalized spacial score (nSPS) is 14.7. The number of rotatable bonds is 6. The lowest BCUT2D eigenvalue weighted by atomic mass is 10.1. The van der Waals surface area contributed by atoms with Crippen LogP contribution in [0.1, 0.15) is 23.6 Å². The number of carbonyl (C=O) groups excluding carboxylic acids is 1. The van der Waals surface area contributed by atoms with Crippen molar-refractivity contribution in [3.8, 4) is 11.5 Å². The minimum Gasteiger partial charge on any atom is -0.493 e. The molecule has 0 fully saturated rings. The van der Waals surface area contributed by atoms with Gasteiger partial charge in [0.25, 0.3) is 5.91 Å². The fraction of sp³-hybridized carbons (Fsp3) is 0.154. The van der Waals surface area contributed by atoms with Crippen LogP contribution in [0.2, 0.25) is 0 Å². The summed E-state index contributed by atoms with van der Waals surface area (Å²) in [5.41, 5.74) is 5.12. The van der Waals surface area contributed by atoms with Crippen LogP contribution in [0, 0.1) is 6.92 Å². The highest BCUT2D eigenvalue weighted by atomic mass is 16.5. The third-order valence-electron chi connectivity index (χ3n) is 5.21. The van der Waals surface area contributed by atoms with Gasteiger partial charge in [0, 0.05) is 0 Å². The van der Waals surface area contributed by atoms with Crippen LogP contribution in [-0.2, 0) is 11.4 Å². The first kappa shape index (κ1) is 20.4. The average Bonchev–Trinajstić information content (AvgIpc) is 3.08. The summed E-state index contributed by atoms with van der Waals surface area (Å²) in [5, 5.41) is 5.85. The monoisotopic (exact) mass is 412 g/mol. The molecule has 1 amide bonds. The number of hydrogen-bond donors (Lipinski definition) is 0. The van der Waals surface area contributed by atoms with Crippen molar-refractivity contribution in [1.82, 2.24) is 0 Å². The molecule has 0 atom stereocenters. The van der Waals surface area contributed by atoms with Gasteiger partial charge in [0.2, 0.25) is 0 Å². The van der Waals surface area contributed by atoms with Gasteiger partial charge in [0.05, 0.1) is 24.1 Å². The molecule has 0 saturated carbocycles. The van der Waals surface area contributed by atoms with Crippen molar-refractivity contribution in [3.63, 3.8) is 0 Å². The zero-order valence-electron chi connectivity index (χ0n) is 17.8. The number of benzene rings is 3. The van der Waals surface area contributed by atoms with Crippen molar-refractivity contribution in [2.45, 2.75) is 20.5 Å². The highest BCUT2D eigenvalue weighted by Gasteiger charge is 2.28. The number of methoxy groups -OCH3 is 1. The number of amides is 1. The second-order valence-corrected chi connectivity index (χ2v) is 7.32. The van der Waals surface area contributed by atoms with E-state index in [4.69, 9.17) is 9.47 Å². The van der Waals surface area contributed by atoms with E-state index in [0.717, 1.165) is 16.8 Å². The van der Waals surface area contributed by atoms with Crippen molar-refractivity contribution in [2.24, 2.45) is 5.10 Å². The molecule has 0 bridgehead atoms. The molecular weight excluding hydrogens is 388 g/mol. The van der Waals surface area contributed by atoms with Gasteiger partial charge in [-0.05, 0) is 60.9 Å². The van der Waals surface area contributed by atoms with Gasteiger partial charge in [-0.15, -0.1) is 0 Å². The second kappa shape index (κ2) is 8.88. The zero-order chi connectivity index (χ0) is 21.8. The molecule has 0 aromatic heterocycles. The van der Waals surface area contributed by atoms with Gasteiger partial charge < -0.3 is 9.47 Å². The molecule has 1 aliphatic heterocycles. The van der Waals surface area contributed by atoms with Crippen LogP contribution in [0.25, 0.3) is 6.08 Å². The summed E-state index contributed by atoms with van der Waals surface area (Å²) >= 11 is 0. The predicted octanol–water partition coefficient (Wildman–Crippen LogP) is 5.39. The van der Waals surface area contributed by atoms with Crippen LogP contribution in [0.4, 0.5) is 5.69 Å². The first-order valence-corrected chi connectivity index (χ1v) is 10.1. The zero-order valence-corrected chi connectivity index (χ0v) is 17.8. The lowest BCUT2D eigenvalue weighted by molar-refractivity contribution is -0.114. The van der Waals surface area contributed by atoms with E-state index in [1.54, 1.807) is 7.11 Å². The van der Waals surface area contributed by atoms with Gasteiger partial charge in [0.1, 0.15) is 6.61 Å². The van der Waals surface area contributed by atoms with Crippen molar-refractivity contribution in [2.75, 3.05) is 12.1 Å². The maximum atomic E-state index is 12.9. The Kier molecular flexibility index (Phi) is 5.85. The van der Waals surface area contributed by atoms with Crippen LogP contribution < -0.4 is 14.5 Å². The van der Waals surface area contributed by atoms with E-state index < -0.39 is 0 Å². The maximum absolute atomic E-state index is 12.9. The molecule has 3 aromatic rings. The quantitative estimate of drug-likeness (QED) is 0.510. The first-order valence-electron chi connectivity index (χ1n) is 10.1. The van der Waals surface area contributed by atoms with E-state index in [1.807, 2.05) is 79.7 Å². The number of aryl methyl sites for hydroxylation is 1. The van der Waals surface area contributed by atoms with E-state index in [-0.39, 0.29) is 5.91 Å². The summed E-state index contributed by atoms with van der Waals surface area (Å²) in [6.45, 7) is 4.36. The Hall–Kier alpha value is -3.86. The standard InChI is InChI=1S/C26H24N2O3/c1-18-9-7-8-10-21(18)17-31-24-14-13-20(16-25(24)30-3)15-23-19(2)27-28(26(23)29)22-11-5-4-6-12-22/h4-16H,17H2,1-3H3. The minimum atomic E-state index is -0.150. The number of anilines is 1. The average molecular weight is 412 g/mol. The molecule has 0 unspecified atom stereocenters. The highest BCUT2D eigenvalue weighted by molar-refractivity contribution is 6.32. The summed E-state index contributed by atoms with van der Waals surface area (Å²) in [4.78, 5) is 12.9. The Morgan fingerprint density at radius 2 is 1.68 bits per heavy atom. The number of nitrogens with zero attached hydrogens (tertiary/aromatic N) is 2. The van der Waals surface area contributed by atoms with Crippen molar-refractivity contribution in [3.05, 3.63) is 95.1 Å². The largest absolute Gasteiger partial charge is 0.493 e. The van der Waals surface area contributed by atoms with Crippen LogP contribution in [-0.4, -0.2) is 18.7 Å². The van der Waals surface area contributed by atoms with Gasteiger partial charge in [0.15, 0.2) is 11.5 Å². The molecule has 1 aliphatic rings. The predicted molar refractivity (Wildman–Crippen MR) is 124 cm³/mol. The van der Waals surface area contributed by atoms with Crippen LogP contribution in [0.15, 0.2) is 83.5 Å². The van der Waals surface area contributed by atoms with Crippen LogP contribution in [0.5, 0.6) is 11.5 Å². The molecule has 0 saturated heterocycles. The molecule has 0 spiro atoms. The van der Waals surface area contributed by atoms with Gasteiger partial charge in [-0.2, -0.15) is 10.1 Å². The van der Waals surface area contributed by atoms with E-state index in [9.17, 15) is 4.79 Å². The highest BCUT2D eigenvalue weighted by Crippen LogP contribution is 2.31. The number of carbonyl (C=O) groups is 1. The third-order valence-corrected chi connectivity index (χ3v) is 5.21. The Morgan fingerprint density at radius 3 is 2.42 bits per heavy atom. The summed E-state index contributed by atoms with van der Waals surface area (Å²) in [6.07, 6.45) is 1.83. The lowest BCUT2D eigenvalue weighted by Crippen LogP contribution is -2.21. The molecule has 4 rings (SSSR count). The van der Waals surface area contributed by atoms with E-state index in [1.165, 1.54) is 10.6 Å². The van der Waals surface area contributed by atoms with Gasteiger partial charge in [-0.3, -0.25) is 4.79 Å². The summed E-state index contributed by atoms with van der Waals surface area (Å²) in [5.74, 6) is 1.12. The minimum absolute atomic E-state index is 0.150. The second-order valence-electron chi connectivity index (χ2n) is 7.32. The van der Waals surface area contributed by atoms with Crippen molar-refractivity contribution in [1.29, 1.82) is 0 Å². The molecule has 0 aliphatic carbocycles. The van der Waals surface area contributed by atoms with Gasteiger partial charge >= 0.3 is 0 Å². The summed E-state index contributed by atoms with van der Waals surface area (Å²) in [6, 6.07) is 23.2. The molecule has 156 valence electrons. The Bertz CT molecular complexity index is 1170. The number of para-hydroxylation sites is 1. The van der Waals surface area contributed by atoms with Crippen LogP contribution >= 0.6 is 0 Å². The smallest absolute Gasteiger partial charge is 0.280 e. The molecule has 5 heteroatoms. The van der Waals surface area contributed by atoms with E-state index in [2.05, 4.69) is 18.1 Å². The lowest BCUT2D eigenvalue weighted by Gasteiger charge is -2.13. The van der Waals surface area contributed by atoms with Crippen molar-refractivity contribution < 1.29 is 14.3 Å². The Balaban J connectivity index is 1.55. The third kappa shape index (κ3) is 4.36. The molecule has 0 radical (unpaired) electrons. The topological polar surface area (TPSA) is 51.1 Å². The SMILES string of the molecule is COc1cc(C=C2C(=O)N(c3ccccc3)N=C2C)ccc1OCc1ccccc1C. The molecule has 5 nitrogen and oxygen atoms in total. The maximum Gasteiger partial charge on any atom is 0.280 e. The molecule has 3 aromatic carbocycles. The van der Waals surface area contributed by atoms with Crippen molar-refractivity contribution >= 4 is 23.4 Å². The summed E-state index contributed by atoms with van der Waals surface area (Å²) in [7, 11) is 1.61. The number of hydrazone groups is 1. The number of hydrogen-bond acceptors (Lipinski definition) is 4. The molecule has 31 heavy (non-hydrogen) atoms. The molecular formula is C26H24N2O3. The van der Waals surface area contributed by atoms with Crippen LogP contribution in [0.3, 0.4) is 0 Å². The number of ether oxygens (including phenoxy) is 2. The van der Waals surface area contributed by atoms with Gasteiger partial charge in [-0.25, -0.2) is 0 Å². The van der Waals surface area contributed by atoms with E-state index >= 15 is 0 Å². The Labute approximate surface area is 182 Å². The fourth-order valence-electron chi connectivity index (χ4n) is 3.42. The van der Waals surface area contributed by atoms with E-state index in [0.29, 0.717) is 29.4 Å². The molecule has 1 heterocycles. The van der Waals surface area contributed by atoms with Gasteiger partial charge in [-0.1, -0.05) is 48.5 Å². The molecule has 0 N–H and O–H groups in total. The fourth-order valence-corrected chi connectivity index (χ4v) is 3.42. The summed E-state index contributed by atoms with van der Waals surface area (Å²) < 4.78 is 11.5.